The third-order valence-electron chi connectivity index (χ3n) is 6.89. The van der Waals surface area contributed by atoms with E-state index in [2.05, 4.69) is 41.5 Å². The van der Waals surface area contributed by atoms with E-state index in [1.807, 2.05) is 0 Å². The zero-order valence-electron chi connectivity index (χ0n) is 16.6. The summed E-state index contributed by atoms with van der Waals surface area (Å²) in [5.41, 5.74) is -0.132. The van der Waals surface area contributed by atoms with Gasteiger partial charge in [0.15, 0.2) is 0 Å². The molecule has 0 aliphatic heterocycles. The molecule has 2 aliphatic rings. The van der Waals surface area contributed by atoms with Gasteiger partial charge in [-0.1, -0.05) is 41.5 Å². The van der Waals surface area contributed by atoms with E-state index < -0.39 is 14.0 Å². The van der Waals surface area contributed by atoms with Gasteiger partial charge in [0.2, 0.25) is 0 Å². The van der Waals surface area contributed by atoms with Crippen molar-refractivity contribution in [3.8, 4) is 0 Å². The monoisotopic (exact) mass is 358 g/mol. The van der Waals surface area contributed by atoms with Gasteiger partial charge in [-0.2, -0.15) is 0 Å². The molecule has 24 heavy (non-hydrogen) atoms. The van der Waals surface area contributed by atoms with E-state index in [-0.39, 0.29) is 10.8 Å². The van der Waals surface area contributed by atoms with E-state index in [1.165, 1.54) is 6.42 Å². The van der Waals surface area contributed by atoms with Crippen LogP contribution >= 0.6 is 0 Å². The standard InChI is InChI=1S/C19H38O4Si/c1-7-12-21-24(22-13-8-2,23-14-9-3)19(20)15-16-10-11-18(19,6)17(16,4)5/h16,20H,7-15H2,1-6H3. The van der Waals surface area contributed by atoms with Crippen LogP contribution in [-0.2, 0) is 13.3 Å². The summed E-state index contributed by atoms with van der Waals surface area (Å²) in [6.45, 7) is 14.9. The molecule has 2 aliphatic carbocycles. The van der Waals surface area contributed by atoms with Crippen LogP contribution in [0.15, 0.2) is 0 Å². The first-order chi connectivity index (χ1) is 11.2. The van der Waals surface area contributed by atoms with Gasteiger partial charge in [-0.15, -0.1) is 0 Å². The number of hydrogen-bond acceptors (Lipinski definition) is 4. The molecule has 2 bridgehead atoms. The van der Waals surface area contributed by atoms with Crippen molar-refractivity contribution in [3.05, 3.63) is 0 Å². The number of aliphatic hydroxyl groups is 1. The van der Waals surface area contributed by atoms with Crippen LogP contribution in [-0.4, -0.2) is 39.0 Å². The maximum atomic E-state index is 12.1. The molecule has 0 saturated heterocycles. The van der Waals surface area contributed by atoms with Gasteiger partial charge in [0.05, 0.1) is 0 Å². The topological polar surface area (TPSA) is 47.9 Å². The average molecular weight is 359 g/mol. The third kappa shape index (κ3) is 2.80. The summed E-state index contributed by atoms with van der Waals surface area (Å²) in [4.78, 5) is 0. The van der Waals surface area contributed by atoms with E-state index in [0.29, 0.717) is 25.7 Å². The highest BCUT2D eigenvalue weighted by atomic mass is 28.4. The molecule has 0 aromatic rings. The van der Waals surface area contributed by atoms with Crippen LogP contribution < -0.4 is 0 Å². The van der Waals surface area contributed by atoms with Crippen molar-refractivity contribution in [2.75, 3.05) is 19.8 Å². The molecule has 0 heterocycles. The summed E-state index contributed by atoms with van der Waals surface area (Å²) in [6.07, 6.45) is 5.67. The van der Waals surface area contributed by atoms with E-state index >= 15 is 0 Å². The highest BCUT2D eigenvalue weighted by Crippen LogP contribution is 2.71. The zero-order chi connectivity index (χ0) is 18.1. The smallest absolute Gasteiger partial charge is 0.385 e. The molecule has 0 radical (unpaired) electrons. The van der Waals surface area contributed by atoms with Crippen molar-refractivity contribution in [1.82, 2.24) is 0 Å². The minimum atomic E-state index is -3.21. The van der Waals surface area contributed by atoms with E-state index in [0.717, 1.165) is 32.1 Å². The molecule has 2 saturated carbocycles. The lowest BCUT2D eigenvalue weighted by molar-refractivity contribution is -0.105. The SMILES string of the molecule is CCCO[Si](OCCC)(OCCC)C1(O)CC2CCC1(C)C2(C)C. The first-order valence-electron chi connectivity index (χ1n) is 9.89. The quantitative estimate of drug-likeness (QED) is 0.591. The Hall–Kier alpha value is 0.0569. The molecule has 2 rings (SSSR count). The molecule has 0 spiro atoms. The molecule has 3 atom stereocenters. The van der Waals surface area contributed by atoms with Crippen molar-refractivity contribution < 1.29 is 18.4 Å². The second kappa shape index (κ2) is 7.35. The summed E-state index contributed by atoms with van der Waals surface area (Å²) in [5.74, 6) is 0.514. The number of rotatable bonds is 10. The largest absolute Gasteiger partial charge is 0.535 e. The minimum absolute atomic E-state index is 0.0841. The first kappa shape index (κ1) is 20.4. The van der Waals surface area contributed by atoms with Gasteiger partial charge in [0, 0.05) is 25.2 Å². The predicted octanol–water partition coefficient (Wildman–Crippen LogP) is 4.32. The Balaban J connectivity index is 2.44. The maximum absolute atomic E-state index is 12.1. The van der Waals surface area contributed by atoms with Gasteiger partial charge in [0.1, 0.15) is 5.22 Å². The Morgan fingerprint density at radius 1 is 0.917 bits per heavy atom. The van der Waals surface area contributed by atoms with Gasteiger partial charge in [0.25, 0.3) is 0 Å². The number of fused-ring (bicyclic) bond motifs is 2. The van der Waals surface area contributed by atoms with Crippen molar-refractivity contribution >= 4 is 8.80 Å². The van der Waals surface area contributed by atoms with Gasteiger partial charge in [-0.3, -0.25) is 0 Å². The molecule has 3 unspecified atom stereocenters. The lowest BCUT2D eigenvalue weighted by atomic mass is 9.69. The normalized spacial score (nSPS) is 34.9. The summed E-state index contributed by atoms with van der Waals surface area (Å²) in [5, 5.41) is 11.1. The highest BCUT2D eigenvalue weighted by molar-refractivity contribution is 6.64. The average Bonchev–Trinajstić information content (AvgIpc) is 2.86. The first-order valence-corrected chi connectivity index (χ1v) is 11.6. The molecule has 0 amide bonds. The molecule has 142 valence electrons. The summed E-state index contributed by atoms with van der Waals surface area (Å²) in [7, 11) is -3.21. The van der Waals surface area contributed by atoms with Crippen molar-refractivity contribution in [2.45, 2.75) is 85.3 Å². The fraction of sp³-hybridized carbons (Fsp3) is 1.00. The van der Waals surface area contributed by atoms with Crippen molar-refractivity contribution in [3.63, 3.8) is 0 Å². The third-order valence-corrected chi connectivity index (χ3v) is 10.4. The molecule has 0 aromatic carbocycles. The fourth-order valence-corrected chi connectivity index (χ4v) is 8.93. The Kier molecular flexibility index (Phi) is 6.24. The summed E-state index contributed by atoms with van der Waals surface area (Å²) < 4.78 is 19.0. The van der Waals surface area contributed by atoms with Gasteiger partial charge in [-0.25, -0.2) is 0 Å². The molecule has 4 nitrogen and oxygen atoms in total. The van der Waals surface area contributed by atoms with Crippen LogP contribution in [0.1, 0.15) is 80.1 Å². The predicted molar refractivity (Wildman–Crippen MR) is 98.7 cm³/mol. The molecular formula is C19H38O4Si. The fourth-order valence-electron chi connectivity index (χ4n) is 4.93. The Morgan fingerprint density at radius 3 is 1.67 bits per heavy atom. The second-order valence-corrected chi connectivity index (χ2v) is 11.3. The molecule has 2 fully saturated rings. The highest BCUT2D eigenvalue weighted by Gasteiger charge is 2.79. The van der Waals surface area contributed by atoms with Gasteiger partial charge < -0.3 is 18.4 Å². The Morgan fingerprint density at radius 2 is 1.38 bits per heavy atom. The molecule has 5 heteroatoms. The second-order valence-electron chi connectivity index (χ2n) is 8.46. The van der Waals surface area contributed by atoms with Crippen LogP contribution in [0, 0.1) is 16.7 Å². The maximum Gasteiger partial charge on any atom is 0.535 e. The lowest BCUT2D eigenvalue weighted by Crippen LogP contribution is -2.71. The summed E-state index contributed by atoms with van der Waals surface area (Å²) in [6, 6.07) is 0. The van der Waals surface area contributed by atoms with Crippen LogP contribution in [0.25, 0.3) is 0 Å². The minimum Gasteiger partial charge on any atom is -0.385 e. The Bertz CT molecular complexity index is 406. The van der Waals surface area contributed by atoms with Crippen LogP contribution in [0.3, 0.4) is 0 Å². The van der Waals surface area contributed by atoms with E-state index in [9.17, 15) is 5.11 Å². The molecule has 1 N–H and O–H groups in total. The van der Waals surface area contributed by atoms with Gasteiger partial charge >= 0.3 is 8.80 Å². The van der Waals surface area contributed by atoms with Crippen molar-refractivity contribution in [2.24, 2.45) is 16.7 Å². The van der Waals surface area contributed by atoms with Crippen molar-refractivity contribution in [1.29, 1.82) is 0 Å². The molecule has 0 aromatic heterocycles. The zero-order valence-corrected chi connectivity index (χ0v) is 17.6. The van der Waals surface area contributed by atoms with Crippen LogP contribution in [0.5, 0.6) is 0 Å². The van der Waals surface area contributed by atoms with E-state index in [1.54, 1.807) is 0 Å². The lowest BCUT2D eigenvalue weighted by Gasteiger charge is -2.51. The van der Waals surface area contributed by atoms with E-state index in [4.69, 9.17) is 13.3 Å². The van der Waals surface area contributed by atoms with Crippen LogP contribution in [0.2, 0.25) is 0 Å². The number of hydrogen-bond donors (Lipinski definition) is 1. The summed E-state index contributed by atoms with van der Waals surface area (Å²) >= 11 is 0. The Labute approximate surface area is 149 Å². The van der Waals surface area contributed by atoms with Crippen LogP contribution in [0.4, 0.5) is 0 Å². The molecular weight excluding hydrogens is 320 g/mol. The van der Waals surface area contributed by atoms with Gasteiger partial charge in [-0.05, 0) is 49.9 Å².